The van der Waals surface area contributed by atoms with Crippen LogP contribution in [0.1, 0.15) is 0 Å². The van der Waals surface area contributed by atoms with E-state index >= 15 is 23.3 Å². The minimum atomic E-state index is -6.22. The van der Waals surface area contributed by atoms with Crippen LogP contribution in [0.3, 0.4) is 0 Å². The quantitative estimate of drug-likeness (QED) is 0.0474. The van der Waals surface area contributed by atoms with E-state index in [4.69, 9.17) is 13.2 Å². The summed E-state index contributed by atoms with van der Waals surface area (Å²) < 4.78 is 296. The summed E-state index contributed by atoms with van der Waals surface area (Å²) in [5.74, 6) is -25.1. The van der Waals surface area contributed by atoms with Crippen LogP contribution in [-0.2, 0) is 32.8 Å². The fourth-order valence-corrected chi connectivity index (χ4v) is 15.9. The molecular formula is C54H33F18O4S3Sb. The maximum absolute atomic E-state index is 16.2. The molecule has 4 nitrogen and oxygen atoms in total. The summed E-state index contributed by atoms with van der Waals surface area (Å²) in [4.78, 5) is -8.09. The molecule has 0 spiro atoms. The summed E-state index contributed by atoms with van der Waals surface area (Å²) in [6.45, 7) is 0. The van der Waals surface area contributed by atoms with Crippen LogP contribution in [0.25, 0.3) is 0 Å². The number of hydrogen-bond acceptors (Lipinski definition) is 4. The van der Waals surface area contributed by atoms with Gasteiger partial charge in [0.05, 0.1) is 0 Å². The predicted molar refractivity (Wildman–Crippen MR) is 257 cm³/mol. The van der Waals surface area contributed by atoms with Gasteiger partial charge in [0.2, 0.25) is 34.9 Å². The summed E-state index contributed by atoms with van der Waals surface area (Å²) in [6.07, 6.45) is 0. The molecule has 9 rings (SSSR count). The van der Waals surface area contributed by atoms with Crippen LogP contribution in [0.2, 0.25) is 0 Å². The van der Waals surface area contributed by atoms with Gasteiger partial charge in [-0.15, -0.1) is 0 Å². The molecule has 0 atom stereocenters. The second kappa shape index (κ2) is 23.4. The van der Waals surface area contributed by atoms with E-state index in [0.717, 1.165) is 72.8 Å². The van der Waals surface area contributed by atoms with Crippen LogP contribution in [0.4, 0.5) is 76.0 Å². The van der Waals surface area contributed by atoms with E-state index in [1.807, 2.05) is 0 Å². The van der Waals surface area contributed by atoms with Crippen molar-refractivity contribution in [2.24, 2.45) is 0 Å². The molecule has 0 aromatic heterocycles. The average Bonchev–Trinajstić information content (AvgIpc) is 3.62. The fourth-order valence-electron chi connectivity index (χ4n) is 7.56. The Morgan fingerprint density at radius 3 is 0.525 bits per heavy atom. The number of halogens is 18. The summed E-state index contributed by atoms with van der Waals surface area (Å²) in [5.41, 5.74) is 0. The van der Waals surface area contributed by atoms with Crippen LogP contribution >= 0.6 is 0 Å². The predicted octanol–water partition coefficient (Wildman–Crippen LogP) is 14.5. The van der Waals surface area contributed by atoms with Crippen LogP contribution < -0.4 is 10.2 Å². The third-order valence-corrected chi connectivity index (χ3v) is 21.1. The molecule has 9 aromatic rings. The van der Waals surface area contributed by atoms with Crippen molar-refractivity contribution >= 4 is 49.9 Å². The zero-order valence-electron chi connectivity index (χ0n) is 39.7. The van der Waals surface area contributed by atoms with Gasteiger partial charge < -0.3 is 0 Å². The molecule has 0 unspecified atom stereocenters. The van der Waals surface area contributed by atoms with Gasteiger partial charge >= 0.3 is 33.2 Å². The standard InChI is InChI=1S/3C18H11F6S.4O.Sb/c3*19-14-11-15(17(21)18(22)16(14)20)25(23,24,12-7-3-1-4-8-12)13-9-5-2-6-10-13;;;;;/h3*1-11H;;;;;/q3*+1;;3*-1;. The molecule has 0 amide bonds. The topological polar surface area (TPSA) is 86.2 Å². The molecule has 9 aromatic carbocycles. The van der Waals surface area contributed by atoms with Crippen molar-refractivity contribution < 1.29 is 89.2 Å². The molecule has 0 aliphatic heterocycles. The van der Waals surface area contributed by atoms with Crippen LogP contribution in [0, 0.1) is 69.8 Å². The molecule has 0 heterocycles. The molecular weight excluding hydrogens is 1270 g/mol. The molecule has 0 N–H and O–H groups in total. The molecule has 0 bridgehead atoms. The molecule has 0 saturated heterocycles. The van der Waals surface area contributed by atoms with E-state index in [0.29, 0.717) is 0 Å². The monoisotopic (exact) mass is 1300 g/mol. The summed E-state index contributed by atoms with van der Waals surface area (Å²) in [5, 5.41) is 0. The molecule has 0 fully saturated rings. The first-order chi connectivity index (χ1) is 37.3. The van der Waals surface area contributed by atoms with Crippen LogP contribution in [0.5, 0.6) is 0 Å². The Balaban J connectivity index is 0.000000185. The van der Waals surface area contributed by atoms with Gasteiger partial charge in [0.25, 0.3) is 0 Å². The molecule has 0 aliphatic rings. The van der Waals surface area contributed by atoms with Crippen molar-refractivity contribution in [3.05, 3.63) is 270 Å². The van der Waals surface area contributed by atoms with E-state index in [9.17, 15) is 52.7 Å². The maximum atomic E-state index is 16.2. The van der Waals surface area contributed by atoms with E-state index in [-0.39, 0.29) is 18.2 Å². The summed E-state index contributed by atoms with van der Waals surface area (Å²) in [7, 11) is -18.7. The summed E-state index contributed by atoms with van der Waals surface area (Å²) >= 11 is -6.10. The zero-order chi connectivity index (χ0) is 59.3. The van der Waals surface area contributed by atoms with Gasteiger partial charge in [-0.05, 0) is 96.1 Å². The SMILES string of the molecule is Fc1cc([S+](F)(F)(c2ccccc2)c2ccccc2)c(F)c(F)c1F.Fc1cc([S+](F)(F)(c2ccccc2)c2ccccc2)c(F)c(F)c1F.Fc1cc([S+](F)(F)(c2ccccc2)c2ccccc2)c(F)c(F)c1F.[O]=[Sb]([O-])([O-])[O-]. The third kappa shape index (κ3) is 11.7. The summed E-state index contributed by atoms with van der Waals surface area (Å²) in [6, 6.07) is 37.2. The number of rotatable bonds is 9. The van der Waals surface area contributed by atoms with Crippen LogP contribution in [-0.4, -0.2) is 20.1 Å². The van der Waals surface area contributed by atoms with E-state index in [1.165, 1.54) is 109 Å². The van der Waals surface area contributed by atoms with Gasteiger partial charge in [0, 0.05) is 18.2 Å². The van der Waals surface area contributed by atoms with E-state index < -0.39 is 164 Å². The van der Waals surface area contributed by atoms with Crippen LogP contribution in [0.15, 0.2) is 244 Å². The number of benzene rings is 9. The zero-order valence-corrected chi connectivity index (χ0v) is 44.7. The first-order valence-corrected chi connectivity index (χ1v) is 31.7. The second-order valence-corrected chi connectivity index (χ2v) is 27.9. The van der Waals surface area contributed by atoms with E-state index in [1.54, 1.807) is 0 Å². The Kier molecular flexibility index (Phi) is 18.3. The first kappa shape index (κ1) is 62.5. The van der Waals surface area contributed by atoms with Crippen molar-refractivity contribution in [1.29, 1.82) is 0 Å². The van der Waals surface area contributed by atoms with E-state index in [2.05, 4.69) is 0 Å². The Labute approximate surface area is 450 Å². The Morgan fingerprint density at radius 1 is 0.250 bits per heavy atom. The normalized spacial score (nSPS) is 13.2. The Morgan fingerprint density at radius 2 is 0.388 bits per heavy atom. The fraction of sp³-hybridized carbons (Fsp3) is 0. The van der Waals surface area contributed by atoms with Gasteiger partial charge in [-0.1, -0.05) is 109 Å². The first-order valence-electron chi connectivity index (χ1n) is 22.0. The Hall–Kier alpha value is -6.73. The third-order valence-electron chi connectivity index (χ3n) is 11.3. The number of hydrogen-bond donors (Lipinski definition) is 0. The van der Waals surface area contributed by atoms with Gasteiger partial charge in [-0.2, -0.15) is 13.2 Å². The van der Waals surface area contributed by atoms with Crippen molar-refractivity contribution in [2.75, 3.05) is 0 Å². The van der Waals surface area contributed by atoms with Gasteiger partial charge in [0.1, 0.15) is 0 Å². The van der Waals surface area contributed by atoms with Crippen molar-refractivity contribution in [3.8, 4) is 0 Å². The van der Waals surface area contributed by atoms with Gasteiger partial charge in [-0.25, -0.2) is 39.5 Å². The van der Waals surface area contributed by atoms with Crippen molar-refractivity contribution in [3.63, 3.8) is 0 Å². The molecule has 0 aliphatic carbocycles. The molecule has 422 valence electrons. The van der Waals surface area contributed by atoms with Crippen molar-refractivity contribution in [1.82, 2.24) is 0 Å². The molecule has 0 saturated carbocycles. The second-order valence-electron chi connectivity index (χ2n) is 16.2. The molecule has 80 heavy (non-hydrogen) atoms. The Bertz CT molecular complexity index is 3210. The average molecular weight is 1310 g/mol. The molecule has 0 radical (unpaired) electrons. The minimum absolute atomic E-state index is 0.0373. The van der Waals surface area contributed by atoms with Crippen molar-refractivity contribution in [2.45, 2.75) is 44.1 Å². The van der Waals surface area contributed by atoms with Gasteiger partial charge in [0.15, 0.2) is 109 Å². The molecule has 26 heteroatoms. The van der Waals surface area contributed by atoms with Gasteiger partial charge in [-0.3, -0.25) is 0 Å².